The van der Waals surface area contributed by atoms with E-state index in [-0.39, 0.29) is 11.2 Å². The molecular formula is C22H36BNO4. The number of carbonyl (C=O) groups is 1. The predicted molar refractivity (Wildman–Crippen MR) is 114 cm³/mol. The molecule has 0 saturated carbocycles. The van der Waals surface area contributed by atoms with E-state index < -0.39 is 24.4 Å². The first kappa shape index (κ1) is 22.8. The number of rotatable bonds is 5. The zero-order valence-electron chi connectivity index (χ0n) is 18.9. The van der Waals surface area contributed by atoms with E-state index in [9.17, 15) is 4.79 Å². The maximum atomic E-state index is 12.4. The number of hydrogen-bond donors (Lipinski definition) is 1. The van der Waals surface area contributed by atoms with Crippen LogP contribution >= 0.6 is 0 Å². The standard InChI is InChI=1S/C22H36BNO4/c1-10-22(11-2,24-18(25)26-19(3,4)5)16-12-14-17(15-13-16)23-27-20(6,7)21(8,9)28-23/h12-15H,10-11H2,1-9H3,(H,24,25). The highest BCUT2D eigenvalue weighted by Gasteiger charge is 2.51. The fourth-order valence-corrected chi connectivity index (χ4v) is 3.34. The van der Waals surface area contributed by atoms with Crippen molar-refractivity contribution in [1.29, 1.82) is 0 Å². The molecule has 0 radical (unpaired) electrons. The summed E-state index contributed by atoms with van der Waals surface area (Å²) in [6.45, 7) is 17.9. The molecule has 28 heavy (non-hydrogen) atoms. The van der Waals surface area contributed by atoms with Crippen LogP contribution in [-0.4, -0.2) is 30.0 Å². The van der Waals surface area contributed by atoms with E-state index in [1.807, 2.05) is 72.7 Å². The lowest BCUT2D eigenvalue weighted by atomic mass is 9.76. The molecule has 156 valence electrons. The third-order valence-electron chi connectivity index (χ3n) is 5.94. The minimum atomic E-state index is -0.530. The van der Waals surface area contributed by atoms with Crippen LogP contribution in [0, 0.1) is 0 Å². The first-order valence-corrected chi connectivity index (χ1v) is 10.2. The summed E-state index contributed by atoms with van der Waals surface area (Å²) in [7, 11) is -0.393. The summed E-state index contributed by atoms with van der Waals surface area (Å²) >= 11 is 0. The molecule has 6 heteroatoms. The minimum Gasteiger partial charge on any atom is -0.444 e. The summed E-state index contributed by atoms with van der Waals surface area (Å²) < 4.78 is 17.8. The van der Waals surface area contributed by atoms with Crippen LogP contribution in [0.15, 0.2) is 24.3 Å². The molecule has 1 heterocycles. The van der Waals surface area contributed by atoms with E-state index in [4.69, 9.17) is 14.0 Å². The molecule has 1 amide bonds. The van der Waals surface area contributed by atoms with Gasteiger partial charge in [0.15, 0.2) is 0 Å². The Hall–Kier alpha value is -1.53. The monoisotopic (exact) mass is 389 g/mol. The highest BCUT2D eigenvalue weighted by atomic mass is 16.7. The summed E-state index contributed by atoms with van der Waals surface area (Å²) in [6.07, 6.45) is 1.13. The minimum absolute atomic E-state index is 0.370. The number of hydrogen-bond acceptors (Lipinski definition) is 4. The van der Waals surface area contributed by atoms with E-state index >= 15 is 0 Å². The Morgan fingerprint density at radius 1 is 1.00 bits per heavy atom. The van der Waals surface area contributed by atoms with Crippen LogP contribution in [0.1, 0.15) is 80.7 Å². The van der Waals surface area contributed by atoms with Crippen LogP contribution in [0.3, 0.4) is 0 Å². The van der Waals surface area contributed by atoms with Crippen molar-refractivity contribution < 1.29 is 18.8 Å². The molecule has 5 nitrogen and oxygen atoms in total. The molecule has 0 atom stereocenters. The second-order valence-corrected chi connectivity index (χ2v) is 9.63. The molecule has 1 N–H and O–H groups in total. The van der Waals surface area contributed by atoms with Crippen LogP contribution in [0.25, 0.3) is 0 Å². The molecule has 0 aliphatic carbocycles. The van der Waals surface area contributed by atoms with E-state index in [0.29, 0.717) is 0 Å². The zero-order valence-corrected chi connectivity index (χ0v) is 18.9. The Morgan fingerprint density at radius 2 is 1.46 bits per heavy atom. The average molecular weight is 389 g/mol. The highest BCUT2D eigenvalue weighted by molar-refractivity contribution is 6.62. The molecule has 1 fully saturated rings. The van der Waals surface area contributed by atoms with E-state index in [2.05, 4.69) is 19.2 Å². The van der Waals surface area contributed by atoms with Gasteiger partial charge < -0.3 is 19.4 Å². The molecule has 1 aliphatic heterocycles. The molecule has 1 aliphatic rings. The Bertz CT molecular complexity index is 671. The Labute approximate surface area is 170 Å². The largest absolute Gasteiger partial charge is 0.494 e. The average Bonchev–Trinajstić information content (AvgIpc) is 2.79. The predicted octanol–water partition coefficient (Wildman–Crippen LogP) is 4.53. The SMILES string of the molecule is CCC(CC)(NC(=O)OC(C)(C)C)c1ccc(B2OC(C)(C)C(C)(C)O2)cc1. The van der Waals surface area contributed by atoms with Crippen LogP contribution in [0.4, 0.5) is 4.79 Å². The molecule has 0 unspecified atom stereocenters. The van der Waals surface area contributed by atoms with Gasteiger partial charge in [0.25, 0.3) is 0 Å². The summed E-state index contributed by atoms with van der Waals surface area (Å²) in [4.78, 5) is 12.4. The number of ether oxygens (including phenoxy) is 1. The molecule has 1 aromatic rings. The van der Waals surface area contributed by atoms with Gasteiger partial charge in [0.05, 0.1) is 16.7 Å². The van der Waals surface area contributed by atoms with E-state index in [1.54, 1.807) is 0 Å². The number of amides is 1. The highest BCUT2D eigenvalue weighted by Crippen LogP contribution is 2.36. The van der Waals surface area contributed by atoms with Crippen molar-refractivity contribution in [3.63, 3.8) is 0 Å². The van der Waals surface area contributed by atoms with Gasteiger partial charge in [0.1, 0.15) is 5.60 Å². The van der Waals surface area contributed by atoms with Crippen molar-refractivity contribution in [3.8, 4) is 0 Å². The molecular weight excluding hydrogens is 353 g/mol. The van der Waals surface area contributed by atoms with E-state index in [1.165, 1.54) is 0 Å². The summed E-state index contributed by atoms with van der Waals surface area (Å²) in [5, 5.41) is 3.09. The summed E-state index contributed by atoms with van der Waals surface area (Å²) in [5.41, 5.74) is 0.273. The van der Waals surface area contributed by atoms with Gasteiger partial charge in [0, 0.05) is 0 Å². The van der Waals surface area contributed by atoms with Crippen LogP contribution in [0.5, 0.6) is 0 Å². The van der Waals surface area contributed by atoms with Crippen LogP contribution in [-0.2, 0) is 19.6 Å². The van der Waals surface area contributed by atoms with Crippen molar-refractivity contribution in [3.05, 3.63) is 29.8 Å². The number of carbonyl (C=O) groups excluding carboxylic acids is 1. The zero-order chi connectivity index (χ0) is 21.4. The number of alkyl carbamates (subject to hydrolysis) is 1. The van der Waals surface area contributed by atoms with Gasteiger partial charge in [-0.2, -0.15) is 0 Å². The lowest BCUT2D eigenvalue weighted by Gasteiger charge is -2.34. The lowest BCUT2D eigenvalue weighted by molar-refractivity contribution is 0.00578. The van der Waals surface area contributed by atoms with Crippen LogP contribution < -0.4 is 10.8 Å². The maximum Gasteiger partial charge on any atom is 0.494 e. The molecule has 0 bridgehead atoms. The van der Waals surface area contributed by atoms with Crippen molar-refractivity contribution in [2.24, 2.45) is 0 Å². The second-order valence-electron chi connectivity index (χ2n) is 9.63. The molecule has 1 aromatic carbocycles. The number of nitrogens with one attached hydrogen (secondary N) is 1. The molecule has 0 spiro atoms. The summed E-state index contributed by atoms with van der Waals surface area (Å²) in [6, 6.07) is 8.14. The molecule has 2 rings (SSSR count). The normalized spacial score (nSPS) is 18.8. The third-order valence-corrected chi connectivity index (χ3v) is 5.94. The van der Waals surface area contributed by atoms with Gasteiger partial charge in [-0.3, -0.25) is 0 Å². The maximum absolute atomic E-state index is 12.4. The van der Waals surface area contributed by atoms with Crippen molar-refractivity contribution in [2.45, 2.75) is 97.5 Å². The molecule has 1 saturated heterocycles. The summed E-state index contributed by atoms with van der Waals surface area (Å²) in [5.74, 6) is 0. The smallest absolute Gasteiger partial charge is 0.444 e. The topological polar surface area (TPSA) is 56.8 Å². The van der Waals surface area contributed by atoms with Crippen LogP contribution in [0.2, 0.25) is 0 Å². The van der Waals surface area contributed by atoms with Gasteiger partial charge in [-0.05, 0) is 72.3 Å². The second kappa shape index (κ2) is 7.71. The van der Waals surface area contributed by atoms with Crippen molar-refractivity contribution in [1.82, 2.24) is 5.32 Å². The third kappa shape index (κ3) is 4.72. The first-order valence-electron chi connectivity index (χ1n) is 10.2. The lowest BCUT2D eigenvalue weighted by Crippen LogP contribution is -2.47. The first-order chi connectivity index (χ1) is 12.8. The number of benzene rings is 1. The Kier molecular flexibility index (Phi) is 6.27. The fourth-order valence-electron chi connectivity index (χ4n) is 3.34. The van der Waals surface area contributed by atoms with Gasteiger partial charge in [-0.15, -0.1) is 0 Å². The van der Waals surface area contributed by atoms with E-state index in [0.717, 1.165) is 23.9 Å². The van der Waals surface area contributed by atoms with Gasteiger partial charge in [-0.1, -0.05) is 38.1 Å². The quantitative estimate of drug-likeness (QED) is 0.752. The van der Waals surface area contributed by atoms with Gasteiger partial charge in [0.2, 0.25) is 0 Å². The Balaban J connectivity index is 2.22. The van der Waals surface area contributed by atoms with Crippen molar-refractivity contribution in [2.75, 3.05) is 0 Å². The Morgan fingerprint density at radius 3 is 1.86 bits per heavy atom. The molecule has 0 aromatic heterocycles. The van der Waals surface area contributed by atoms with Crippen molar-refractivity contribution >= 4 is 18.7 Å². The van der Waals surface area contributed by atoms with Gasteiger partial charge in [-0.25, -0.2) is 4.79 Å². The fraction of sp³-hybridized carbons (Fsp3) is 0.682. The van der Waals surface area contributed by atoms with Gasteiger partial charge >= 0.3 is 13.2 Å².